The number of halogens is 1. The van der Waals surface area contributed by atoms with Gasteiger partial charge < -0.3 is 9.47 Å². The molecule has 1 unspecified atom stereocenters. The largest absolute Gasteiger partial charge is 0.336 e. The quantitative estimate of drug-likeness (QED) is 0.771. The summed E-state index contributed by atoms with van der Waals surface area (Å²) in [5.41, 5.74) is 0.826. The van der Waals surface area contributed by atoms with Crippen LogP contribution in [0.3, 0.4) is 0 Å². The second-order valence-corrected chi connectivity index (χ2v) is 4.70. The molecule has 98 valence electrons. The highest BCUT2D eigenvalue weighted by Gasteiger charge is 2.26. The molecule has 0 fully saturated rings. The molecule has 1 atom stereocenters. The molecule has 1 amide bonds. The Hall–Kier alpha value is -2.24. The Kier molecular flexibility index (Phi) is 2.77. The number of amides is 1. The molecule has 0 saturated heterocycles. The van der Waals surface area contributed by atoms with Gasteiger partial charge in [0.15, 0.2) is 11.6 Å². The van der Waals surface area contributed by atoms with Gasteiger partial charge in [0.1, 0.15) is 5.82 Å². The van der Waals surface area contributed by atoms with Gasteiger partial charge in [-0.25, -0.2) is 4.39 Å². The average Bonchev–Trinajstić information content (AvgIpc) is 2.84. The summed E-state index contributed by atoms with van der Waals surface area (Å²) in [5, 5.41) is 8.29. The van der Waals surface area contributed by atoms with Crippen molar-refractivity contribution in [1.82, 2.24) is 19.7 Å². The second kappa shape index (κ2) is 4.46. The van der Waals surface area contributed by atoms with Gasteiger partial charge in [0.05, 0.1) is 12.6 Å². The van der Waals surface area contributed by atoms with Gasteiger partial charge in [-0.05, 0) is 31.2 Å². The van der Waals surface area contributed by atoms with Crippen molar-refractivity contribution in [3.63, 3.8) is 0 Å². The molecule has 6 heteroatoms. The monoisotopic (exact) mass is 260 g/mol. The molecule has 2 heterocycles. The molecule has 19 heavy (non-hydrogen) atoms. The van der Waals surface area contributed by atoms with E-state index in [2.05, 4.69) is 10.2 Å². The highest BCUT2D eigenvalue weighted by Crippen LogP contribution is 2.26. The van der Waals surface area contributed by atoms with Crippen molar-refractivity contribution in [1.29, 1.82) is 0 Å². The van der Waals surface area contributed by atoms with Crippen LogP contribution in [0.15, 0.2) is 24.3 Å². The van der Waals surface area contributed by atoms with E-state index >= 15 is 0 Å². The molecule has 0 bridgehead atoms. The first-order chi connectivity index (χ1) is 9.19. The number of aromatic nitrogens is 3. The minimum atomic E-state index is -0.276. The summed E-state index contributed by atoms with van der Waals surface area (Å²) in [6.45, 7) is 3.10. The van der Waals surface area contributed by atoms with E-state index < -0.39 is 0 Å². The highest BCUT2D eigenvalue weighted by molar-refractivity contribution is 5.56. The van der Waals surface area contributed by atoms with E-state index in [1.54, 1.807) is 17.0 Å². The molecule has 1 aliphatic heterocycles. The molecule has 1 aromatic carbocycles. The molecule has 0 spiro atoms. The van der Waals surface area contributed by atoms with Gasteiger partial charge in [-0.1, -0.05) is 0 Å². The van der Waals surface area contributed by atoms with Gasteiger partial charge in [-0.3, -0.25) is 4.79 Å². The Morgan fingerprint density at radius 3 is 2.74 bits per heavy atom. The fourth-order valence-electron chi connectivity index (χ4n) is 2.44. The minimum absolute atomic E-state index is 0.101. The van der Waals surface area contributed by atoms with E-state index in [1.165, 1.54) is 12.1 Å². The number of carbonyl (C=O) groups is 1. The number of hydrogen-bond acceptors (Lipinski definition) is 3. The van der Waals surface area contributed by atoms with Gasteiger partial charge in [-0.15, -0.1) is 10.2 Å². The fourth-order valence-corrected chi connectivity index (χ4v) is 2.44. The molecular weight excluding hydrogens is 247 g/mol. The van der Waals surface area contributed by atoms with Gasteiger partial charge in [0.2, 0.25) is 6.41 Å². The van der Waals surface area contributed by atoms with E-state index in [0.717, 1.165) is 17.8 Å². The Labute approximate surface area is 109 Å². The zero-order chi connectivity index (χ0) is 13.4. The molecule has 3 rings (SSSR count). The second-order valence-electron chi connectivity index (χ2n) is 4.70. The van der Waals surface area contributed by atoms with Crippen LogP contribution in [0, 0.1) is 5.82 Å². The lowest BCUT2D eigenvalue weighted by Crippen LogP contribution is -2.35. The Morgan fingerprint density at radius 1 is 1.32 bits per heavy atom. The van der Waals surface area contributed by atoms with Gasteiger partial charge >= 0.3 is 0 Å². The average molecular weight is 260 g/mol. The van der Waals surface area contributed by atoms with Crippen LogP contribution >= 0.6 is 0 Å². The van der Waals surface area contributed by atoms with E-state index in [-0.39, 0.29) is 11.9 Å². The summed E-state index contributed by atoms with van der Waals surface area (Å²) in [4.78, 5) is 12.5. The fraction of sp³-hybridized carbons (Fsp3) is 0.308. The SMILES string of the molecule is CC1CN(C=O)Cc2nnc(-c3ccc(F)cc3)n21. The highest BCUT2D eigenvalue weighted by atomic mass is 19.1. The summed E-state index contributed by atoms with van der Waals surface area (Å²) in [5.74, 6) is 1.19. The number of nitrogens with zero attached hydrogens (tertiary/aromatic N) is 4. The van der Waals surface area contributed by atoms with E-state index in [9.17, 15) is 9.18 Å². The minimum Gasteiger partial charge on any atom is -0.336 e. The lowest BCUT2D eigenvalue weighted by atomic mass is 10.1. The van der Waals surface area contributed by atoms with Crippen LogP contribution in [-0.4, -0.2) is 32.6 Å². The van der Waals surface area contributed by atoms with E-state index in [4.69, 9.17) is 0 Å². The van der Waals surface area contributed by atoms with Crippen molar-refractivity contribution in [2.75, 3.05) is 6.54 Å². The number of hydrogen-bond donors (Lipinski definition) is 0. The van der Waals surface area contributed by atoms with Crippen molar-refractivity contribution in [3.05, 3.63) is 35.9 Å². The van der Waals surface area contributed by atoms with Crippen molar-refractivity contribution in [2.45, 2.75) is 19.5 Å². The van der Waals surface area contributed by atoms with Crippen LogP contribution in [0.2, 0.25) is 0 Å². The summed E-state index contributed by atoms with van der Waals surface area (Å²) >= 11 is 0. The summed E-state index contributed by atoms with van der Waals surface area (Å²) < 4.78 is 15.0. The Balaban J connectivity index is 2.04. The smallest absolute Gasteiger partial charge is 0.210 e. The first-order valence-corrected chi connectivity index (χ1v) is 6.08. The third-order valence-electron chi connectivity index (χ3n) is 3.30. The van der Waals surface area contributed by atoms with Crippen LogP contribution in [0.25, 0.3) is 11.4 Å². The Morgan fingerprint density at radius 2 is 2.05 bits per heavy atom. The molecule has 0 aliphatic carbocycles. The van der Waals surface area contributed by atoms with E-state index in [1.807, 2.05) is 11.5 Å². The number of fused-ring (bicyclic) bond motifs is 1. The van der Waals surface area contributed by atoms with Gasteiger partial charge in [-0.2, -0.15) is 0 Å². The van der Waals surface area contributed by atoms with Gasteiger partial charge in [0, 0.05) is 12.1 Å². The van der Waals surface area contributed by atoms with Gasteiger partial charge in [0.25, 0.3) is 0 Å². The van der Waals surface area contributed by atoms with E-state index in [0.29, 0.717) is 18.9 Å². The Bertz CT molecular complexity index is 608. The van der Waals surface area contributed by atoms with Crippen molar-refractivity contribution in [3.8, 4) is 11.4 Å². The summed E-state index contributed by atoms with van der Waals surface area (Å²) in [6.07, 6.45) is 0.826. The zero-order valence-electron chi connectivity index (χ0n) is 10.5. The maximum atomic E-state index is 13.0. The zero-order valence-corrected chi connectivity index (χ0v) is 10.5. The standard InChI is InChI=1S/C13H13FN4O/c1-9-6-17(8-19)7-12-15-16-13(18(9)12)10-2-4-11(14)5-3-10/h2-5,8-9H,6-7H2,1H3. The van der Waals surface area contributed by atoms with Crippen LogP contribution < -0.4 is 0 Å². The number of rotatable bonds is 2. The number of carbonyl (C=O) groups excluding carboxylic acids is 1. The van der Waals surface area contributed by atoms with Crippen molar-refractivity contribution >= 4 is 6.41 Å². The lowest BCUT2D eigenvalue weighted by Gasteiger charge is -2.29. The predicted octanol–water partition coefficient (Wildman–Crippen LogP) is 1.62. The normalized spacial score (nSPS) is 18.2. The first-order valence-electron chi connectivity index (χ1n) is 6.08. The summed E-state index contributed by atoms with van der Waals surface area (Å²) in [7, 11) is 0. The molecular formula is C13H13FN4O. The molecule has 2 aromatic rings. The first kappa shape index (κ1) is 11.8. The topological polar surface area (TPSA) is 51.0 Å². The maximum absolute atomic E-state index is 13.0. The predicted molar refractivity (Wildman–Crippen MR) is 66.6 cm³/mol. The summed E-state index contributed by atoms with van der Waals surface area (Å²) in [6, 6.07) is 6.28. The molecule has 0 saturated carbocycles. The maximum Gasteiger partial charge on any atom is 0.210 e. The third kappa shape index (κ3) is 1.99. The molecule has 0 N–H and O–H groups in total. The lowest BCUT2D eigenvalue weighted by molar-refractivity contribution is -0.119. The molecule has 1 aliphatic rings. The third-order valence-corrected chi connectivity index (χ3v) is 3.30. The van der Waals surface area contributed by atoms with Crippen LogP contribution in [-0.2, 0) is 11.3 Å². The molecule has 1 aromatic heterocycles. The number of benzene rings is 1. The van der Waals surface area contributed by atoms with Crippen molar-refractivity contribution < 1.29 is 9.18 Å². The van der Waals surface area contributed by atoms with Crippen LogP contribution in [0.1, 0.15) is 18.8 Å². The van der Waals surface area contributed by atoms with Crippen LogP contribution in [0.5, 0.6) is 0 Å². The molecule has 0 radical (unpaired) electrons. The molecule has 5 nitrogen and oxygen atoms in total. The van der Waals surface area contributed by atoms with Crippen molar-refractivity contribution in [2.24, 2.45) is 0 Å². The van der Waals surface area contributed by atoms with Crippen LogP contribution in [0.4, 0.5) is 4.39 Å².